The number of benzene rings is 4. The number of carbonyl (C=O) groups excluding carboxylic acids is 2. The number of rotatable bonds is 4. The van der Waals surface area contributed by atoms with Crippen molar-refractivity contribution in [3.8, 4) is 0 Å². The van der Waals surface area contributed by atoms with Gasteiger partial charge in [0.25, 0.3) is 0 Å². The Kier molecular flexibility index (Phi) is 9.12. The first kappa shape index (κ1) is 31.5. The van der Waals surface area contributed by atoms with Crippen molar-refractivity contribution in [3.63, 3.8) is 0 Å². The Morgan fingerprint density at radius 2 is 0.930 bits per heavy atom. The van der Waals surface area contributed by atoms with E-state index in [1.807, 2.05) is 0 Å². The maximum Gasteiger partial charge on any atom is 2.00 e. The van der Waals surface area contributed by atoms with Gasteiger partial charge in [0.05, 0.1) is 33.5 Å². The van der Waals surface area contributed by atoms with E-state index >= 15 is 0 Å². The summed E-state index contributed by atoms with van der Waals surface area (Å²) in [6, 6.07) is 17.3. The molecule has 2 atom stereocenters. The Morgan fingerprint density at radius 1 is 0.558 bits per heavy atom. The molecule has 0 bridgehead atoms. The number of hydrogen-bond acceptors (Lipinski definition) is 10. The minimum atomic E-state index is -1.35. The maximum atomic E-state index is 12.4. The van der Waals surface area contributed by atoms with Crippen LogP contribution in [0.5, 0.6) is 0 Å². The summed E-state index contributed by atoms with van der Waals surface area (Å²) >= 11 is 0. The monoisotopic (exact) mass is 657 g/mol. The molecule has 0 N–H and O–H groups in total. The first-order valence-corrected chi connectivity index (χ1v) is 15.2. The molecule has 2 aromatic heterocycles. The summed E-state index contributed by atoms with van der Waals surface area (Å²) in [6.07, 6.45) is 3.07. The van der Waals surface area contributed by atoms with Crippen LogP contribution in [-0.2, 0) is 38.7 Å². The van der Waals surface area contributed by atoms with Gasteiger partial charge in [-0.05, 0) is 83.9 Å². The Morgan fingerprint density at radius 3 is 1.26 bits per heavy atom. The quantitative estimate of drug-likeness (QED) is 0.202. The van der Waals surface area contributed by atoms with Crippen LogP contribution >= 0.6 is 0 Å². The van der Waals surface area contributed by atoms with E-state index in [-0.39, 0.29) is 61.0 Å². The van der Waals surface area contributed by atoms with E-state index in [1.54, 1.807) is 24.3 Å². The second-order valence-corrected chi connectivity index (χ2v) is 11.8. The van der Waals surface area contributed by atoms with Gasteiger partial charge in [-0.15, -0.1) is 0 Å². The Balaban J connectivity index is 0.000000192. The number of fused-ring (bicyclic) bond motifs is 4. The van der Waals surface area contributed by atoms with Crippen molar-refractivity contribution in [2.24, 2.45) is 0 Å². The van der Waals surface area contributed by atoms with Gasteiger partial charge in [0.2, 0.25) is 10.9 Å². The van der Waals surface area contributed by atoms with Crippen molar-refractivity contribution >= 4 is 77.4 Å². The number of carboxylic acid groups (broad SMARTS) is 2. The summed E-state index contributed by atoms with van der Waals surface area (Å²) in [7, 11) is -2.37. The van der Waals surface area contributed by atoms with Crippen LogP contribution in [0.4, 0.5) is 0 Å². The van der Waals surface area contributed by atoms with E-state index in [2.05, 4.69) is 0 Å². The third kappa shape index (κ3) is 6.20. The average molecular weight is 658 g/mol. The fourth-order valence-corrected chi connectivity index (χ4v) is 5.35. The molecule has 0 fully saturated rings. The molecule has 10 nitrogen and oxygen atoms in total. The van der Waals surface area contributed by atoms with Gasteiger partial charge in [0.15, 0.2) is 0 Å². The molecule has 0 saturated heterocycles. The molecule has 0 amide bonds. The van der Waals surface area contributed by atoms with Crippen LogP contribution in [0.25, 0.3) is 43.9 Å². The largest absolute Gasteiger partial charge is 2.00 e. The molecule has 13 heteroatoms. The summed E-state index contributed by atoms with van der Waals surface area (Å²) in [5.41, 5.74) is 0.363. The minimum absolute atomic E-state index is 0. The van der Waals surface area contributed by atoms with E-state index in [0.29, 0.717) is 31.7 Å². The first-order chi connectivity index (χ1) is 19.9. The van der Waals surface area contributed by atoms with Crippen LogP contribution in [0.3, 0.4) is 0 Å². The van der Waals surface area contributed by atoms with E-state index in [9.17, 15) is 37.8 Å². The molecule has 0 aliphatic rings. The smallest absolute Gasteiger partial charge is 0.545 e. The van der Waals surface area contributed by atoms with Gasteiger partial charge in [-0.25, -0.2) is 0 Å². The first-order valence-electron chi connectivity index (χ1n) is 12.1. The fraction of sp³-hybridized carbons (Fsp3) is 0.0667. The van der Waals surface area contributed by atoms with Crippen LogP contribution < -0.4 is 21.1 Å². The number of carbonyl (C=O) groups is 2. The summed E-state index contributed by atoms with van der Waals surface area (Å²) < 4.78 is 34.2. The molecule has 43 heavy (non-hydrogen) atoms. The van der Waals surface area contributed by atoms with Crippen molar-refractivity contribution < 1.29 is 54.1 Å². The van der Waals surface area contributed by atoms with Crippen LogP contribution in [0.1, 0.15) is 20.7 Å². The molecule has 6 rings (SSSR count). The van der Waals surface area contributed by atoms with Crippen molar-refractivity contribution in [2.75, 3.05) is 12.5 Å². The molecule has 2 unspecified atom stereocenters. The topological polar surface area (TPSA) is 175 Å². The molecule has 2 heterocycles. The normalized spacial score (nSPS) is 12.3. The van der Waals surface area contributed by atoms with Gasteiger partial charge in [-0.2, -0.15) is 0 Å². The van der Waals surface area contributed by atoms with E-state index in [0.717, 1.165) is 0 Å². The Hall–Kier alpha value is -4.42. The summed E-state index contributed by atoms with van der Waals surface area (Å²) in [5.74, 6) is -2.71. The zero-order valence-electron chi connectivity index (χ0n) is 22.2. The predicted molar refractivity (Wildman–Crippen MR) is 153 cm³/mol. The van der Waals surface area contributed by atoms with E-state index in [4.69, 9.17) is 8.83 Å². The van der Waals surface area contributed by atoms with Gasteiger partial charge >= 0.3 is 17.1 Å². The van der Waals surface area contributed by atoms with Crippen LogP contribution in [-0.4, -0.2) is 32.9 Å². The molecule has 6 aromatic rings. The molecule has 217 valence electrons. The molecule has 0 saturated carbocycles. The van der Waals surface area contributed by atoms with E-state index in [1.165, 1.54) is 61.0 Å². The summed E-state index contributed by atoms with van der Waals surface area (Å²) in [6.45, 7) is 0. The van der Waals surface area contributed by atoms with Gasteiger partial charge in [-0.1, -0.05) is 0 Å². The van der Waals surface area contributed by atoms with Crippen molar-refractivity contribution in [3.05, 3.63) is 104 Å². The van der Waals surface area contributed by atoms with Gasteiger partial charge in [0.1, 0.15) is 22.3 Å². The minimum Gasteiger partial charge on any atom is -0.545 e. The van der Waals surface area contributed by atoms with Gasteiger partial charge in [-0.3, -0.25) is 18.0 Å². The number of hydrogen-bond donors (Lipinski definition) is 0. The summed E-state index contributed by atoms with van der Waals surface area (Å²) in [5, 5.41) is 22.7. The zero-order valence-corrected chi connectivity index (χ0v) is 25.0. The number of carboxylic acids is 2. The van der Waals surface area contributed by atoms with Gasteiger partial charge < -0.3 is 28.6 Å². The van der Waals surface area contributed by atoms with Crippen molar-refractivity contribution in [1.29, 1.82) is 0 Å². The second kappa shape index (κ2) is 12.4. The third-order valence-corrected chi connectivity index (χ3v) is 8.25. The zero-order chi connectivity index (χ0) is 30.3. The fourth-order valence-electron chi connectivity index (χ4n) is 4.28. The number of aromatic carboxylic acids is 2. The standard InChI is InChI=1S/2C15H10O5S.Mn/c2*1-21(19)9-3-4-10-13(7-9)20-12-5-2-8(15(17)18)6-11(12)14(10)16;/h2*2-7H,1H3,(H,17,18);/q;;+2/p-2. The summed E-state index contributed by atoms with van der Waals surface area (Å²) in [4.78, 5) is 47.6. The van der Waals surface area contributed by atoms with Crippen molar-refractivity contribution in [2.45, 2.75) is 9.79 Å². The SMILES string of the molecule is CS(=O)c1ccc2c(=O)c3cc(C(=O)[O-])ccc3oc2c1.CS(=O)c1ccc2c(=O)c3cc(C(=O)[O-])ccc3oc2c1.[Mn+2]. The molecule has 0 aliphatic heterocycles. The third-order valence-electron chi connectivity index (χ3n) is 6.42. The molecule has 4 aromatic carbocycles. The predicted octanol–water partition coefficient (Wildman–Crippen LogP) is 2.09. The van der Waals surface area contributed by atoms with Gasteiger partial charge in [0, 0.05) is 43.9 Å². The second-order valence-electron chi connectivity index (χ2n) is 9.08. The molecular formula is C30H18MnO10S2. The average Bonchev–Trinajstić information content (AvgIpc) is 2.96. The molecule has 0 aliphatic carbocycles. The van der Waals surface area contributed by atoms with Crippen LogP contribution in [0.2, 0.25) is 0 Å². The van der Waals surface area contributed by atoms with Crippen LogP contribution in [0.15, 0.2) is 101 Å². The van der Waals surface area contributed by atoms with E-state index < -0.39 is 33.5 Å². The van der Waals surface area contributed by atoms with Crippen LogP contribution in [0, 0.1) is 0 Å². The molecule has 0 spiro atoms. The Labute approximate surface area is 257 Å². The molecule has 1 radical (unpaired) electrons. The molecular weight excluding hydrogens is 639 g/mol. The maximum absolute atomic E-state index is 12.4. The Bertz CT molecular complexity index is 2110. The van der Waals surface area contributed by atoms with Crippen molar-refractivity contribution in [1.82, 2.24) is 0 Å².